The first-order valence-corrected chi connectivity index (χ1v) is 11.5. The summed E-state index contributed by atoms with van der Waals surface area (Å²) in [6.45, 7) is 8.62. The summed E-state index contributed by atoms with van der Waals surface area (Å²) in [6, 6.07) is 9.13. The van der Waals surface area contributed by atoms with Gasteiger partial charge in [-0.25, -0.2) is 0 Å². The van der Waals surface area contributed by atoms with Gasteiger partial charge < -0.3 is 15.2 Å². The summed E-state index contributed by atoms with van der Waals surface area (Å²) in [7, 11) is 1.83. The highest BCUT2D eigenvalue weighted by Gasteiger charge is 2.14. The predicted molar refractivity (Wildman–Crippen MR) is 124 cm³/mol. The van der Waals surface area contributed by atoms with Gasteiger partial charge in [0.2, 0.25) is 0 Å². The average molecular weight is 411 g/mol. The second-order valence-electron chi connectivity index (χ2n) is 8.80. The summed E-state index contributed by atoms with van der Waals surface area (Å²) >= 11 is 0. The van der Waals surface area contributed by atoms with Crippen molar-refractivity contribution in [3.8, 4) is 0 Å². The van der Waals surface area contributed by atoms with Gasteiger partial charge in [0.1, 0.15) is 11.6 Å². The van der Waals surface area contributed by atoms with E-state index in [1.54, 1.807) is 0 Å². The lowest BCUT2D eigenvalue weighted by Crippen LogP contribution is -2.39. The van der Waals surface area contributed by atoms with Crippen molar-refractivity contribution in [2.45, 2.75) is 78.3 Å². The normalized spacial score (nSPS) is 15.6. The predicted octanol–water partition coefficient (Wildman–Crippen LogP) is 4.06. The maximum atomic E-state index is 4.43. The fourth-order valence-corrected chi connectivity index (χ4v) is 4.08. The third kappa shape index (κ3) is 6.31. The molecule has 0 aliphatic carbocycles. The maximum absolute atomic E-state index is 4.43. The third-order valence-corrected chi connectivity index (χ3v) is 5.76. The lowest BCUT2D eigenvalue weighted by molar-refractivity contribution is 0.592. The second-order valence-corrected chi connectivity index (χ2v) is 8.80. The van der Waals surface area contributed by atoms with Crippen molar-refractivity contribution in [1.29, 1.82) is 0 Å². The molecule has 3 rings (SSSR count). The molecule has 0 saturated carbocycles. The quantitative estimate of drug-likeness (QED) is 0.391. The number of nitrogens with one attached hydrogen (secondary N) is 2. The number of fused-ring (bicyclic) bond motifs is 1. The molecule has 1 atom stereocenters. The Bertz CT molecular complexity index is 806. The number of aliphatic imine (C=N–C) groups is 1. The second kappa shape index (κ2) is 11.1. The molecule has 6 nitrogen and oxygen atoms in total. The molecular formula is C24H38N6. The number of nitrogens with zero attached hydrogens (tertiary/aromatic N) is 4. The third-order valence-electron chi connectivity index (χ3n) is 5.76. The van der Waals surface area contributed by atoms with Crippen LogP contribution in [0, 0.1) is 5.92 Å². The van der Waals surface area contributed by atoms with E-state index in [-0.39, 0.29) is 6.04 Å². The Morgan fingerprint density at radius 3 is 2.63 bits per heavy atom. The molecule has 1 aliphatic heterocycles. The molecule has 0 amide bonds. The lowest BCUT2D eigenvalue weighted by atomic mass is 10.00. The molecule has 0 spiro atoms. The Kier molecular flexibility index (Phi) is 8.29. The van der Waals surface area contributed by atoms with E-state index in [1.165, 1.54) is 36.2 Å². The first-order valence-electron chi connectivity index (χ1n) is 11.5. The Morgan fingerprint density at radius 1 is 1.10 bits per heavy atom. The number of hydrogen-bond acceptors (Lipinski definition) is 3. The van der Waals surface area contributed by atoms with Gasteiger partial charge in [-0.05, 0) is 49.7 Å². The zero-order valence-corrected chi connectivity index (χ0v) is 19.1. The van der Waals surface area contributed by atoms with Gasteiger partial charge in [0.05, 0.1) is 6.04 Å². The summed E-state index contributed by atoms with van der Waals surface area (Å²) in [5, 5.41) is 15.8. The van der Waals surface area contributed by atoms with Crippen molar-refractivity contribution in [3.05, 3.63) is 47.0 Å². The van der Waals surface area contributed by atoms with E-state index in [9.17, 15) is 0 Å². The van der Waals surface area contributed by atoms with Crippen molar-refractivity contribution < 1.29 is 0 Å². The summed E-state index contributed by atoms with van der Waals surface area (Å²) in [6.07, 6.45) is 7.92. The molecule has 6 heteroatoms. The number of rotatable bonds is 8. The molecule has 1 aromatic heterocycles. The van der Waals surface area contributed by atoms with E-state index < -0.39 is 0 Å². The minimum absolute atomic E-state index is 0.205. The molecule has 2 N–H and O–H groups in total. The van der Waals surface area contributed by atoms with Crippen LogP contribution < -0.4 is 10.6 Å². The minimum atomic E-state index is 0.205. The molecule has 0 bridgehead atoms. The molecule has 1 aliphatic rings. The first-order chi connectivity index (χ1) is 14.6. The highest BCUT2D eigenvalue weighted by Crippen LogP contribution is 2.16. The van der Waals surface area contributed by atoms with Gasteiger partial charge in [-0.1, -0.05) is 44.5 Å². The van der Waals surface area contributed by atoms with E-state index in [2.05, 4.69) is 75.4 Å². The van der Waals surface area contributed by atoms with E-state index in [4.69, 9.17) is 0 Å². The minimum Gasteiger partial charge on any atom is -0.356 e. The molecule has 164 valence electrons. The van der Waals surface area contributed by atoms with E-state index in [0.29, 0.717) is 5.92 Å². The maximum Gasteiger partial charge on any atom is 0.191 e. The first kappa shape index (κ1) is 22.3. The lowest BCUT2D eigenvalue weighted by Gasteiger charge is -2.19. The van der Waals surface area contributed by atoms with Crippen LogP contribution in [0.2, 0.25) is 0 Å². The Labute approximate surface area is 181 Å². The van der Waals surface area contributed by atoms with Crippen molar-refractivity contribution in [2.75, 3.05) is 13.6 Å². The molecule has 0 saturated heterocycles. The summed E-state index contributed by atoms with van der Waals surface area (Å²) in [5.41, 5.74) is 2.67. The van der Waals surface area contributed by atoms with Gasteiger partial charge in [0.25, 0.3) is 0 Å². The summed E-state index contributed by atoms with van der Waals surface area (Å²) in [4.78, 5) is 4.39. The number of guanidine groups is 1. The fourth-order valence-electron chi connectivity index (χ4n) is 4.08. The average Bonchev–Trinajstić information content (AvgIpc) is 2.96. The van der Waals surface area contributed by atoms with Crippen LogP contribution in [0.1, 0.15) is 75.3 Å². The molecule has 1 unspecified atom stereocenters. The van der Waals surface area contributed by atoms with E-state index >= 15 is 0 Å². The number of aryl methyl sites for hydroxylation is 2. The van der Waals surface area contributed by atoms with Gasteiger partial charge in [0, 0.05) is 33.0 Å². The SMILES string of the molecule is CN=C(NCCCc1nnc2n1CCCCC2)NC(C)c1ccc(CC(C)C)cc1. The van der Waals surface area contributed by atoms with Crippen molar-refractivity contribution >= 4 is 5.96 Å². The molecule has 0 radical (unpaired) electrons. The number of benzene rings is 1. The topological polar surface area (TPSA) is 67.1 Å². The van der Waals surface area contributed by atoms with Crippen LogP contribution in [-0.4, -0.2) is 34.3 Å². The molecule has 0 fully saturated rings. The smallest absolute Gasteiger partial charge is 0.191 e. The van der Waals surface area contributed by atoms with Crippen LogP contribution in [0.25, 0.3) is 0 Å². The van der Waals surface area contributed by atoms with Crippen molar-refractivity contribution in [2.24, 2.45) is 10.9 Å². The molecule has 1 aromatic carbocycles. The molecular weight excluding hydrogens is 372 g/mol. The van der Waals surface area contributed by atoms with Gasteiger partial charge in [0.15, 0.2) is 5.96 Å². The van der Waals surface area contributed by atoms with Crippen LogP contribution in [0.15, 0.2) is 29.3 Å². The summed E-state index contributed by atoms with van der Waals surface area (Å²) in [5.74, 6) is 3.82. The highest BCUT2D eigenvalue weighted by molar-refractivity contribution is 5.80. The van der Waals surface area contributed by atoms with E-state index in [0.717, 1.165) is 50.6 Å². The Balaban J connectivity index is 1.44. The number of aromatic nitrogens is 3. The monoisotopic (exact) mass is 410 g/mol. The molecule has 2 aromatic rings. The standard InChI is InChI=1S/C24H38N6/c1-18(2)17-20-11-13-21(14-12-20)19(3)27-24(25-4)26-15-8-10-23-29-28-22-9-6-5-7-16-30(22)23/h11-14,18-19H,5-10,15-17H2,1-4H3,(H2,25,26,27). The largest absolute Gasteiger partial charge is 0.356 e. The zero-order valence-electron chi connectivity index (χ0n) is 19.1. The Hall–Kier alpha value is -2.37. The van der Waals surface area contributed by atoms with Gasteiger partial charge in [-0.15, -0.1) is 10.2 Å². The van der Waals surface area contributed by atoms with Crippen molar-refractivity contribution in [3.63, 3.8) is 0 Å². The highest BCUT2D eigenvalue weighted by atomic mass is 15.3. The molecule has 2 heterocycles. The van der Waals surface area contributed by atoms with Crippen LogP contribution >= 0.6 is 0 Å². The molecule has 30 heavy (non-hydrogen) atoms. The van der Waals surface area contributed by atoms with Crippen LogP contribution in [0.3, 0.4) is 0 Å². The number of hydrogen-bond donors (Lipinski definition) is 2. The zero-order chi connectivity index (χ0) is 21.3. The van der Waals surface area contributed by atoms with Crippen LogP contribution in [0.5, 0.6) is 0 Å². The Morgan fingerprint density at radius 2 is 1.90 bits per heavy atom. The van der Waals surface area contributed by atoms with Crippen LogP contribution in [-0.2, 0) is 25.8 Å². The summed E-state index contributed by atoms with van der Waals surface area (Å²) < 4.78 is 2.34. The van der Waals surface area contributed by atoms with E-state index in [1.807, 2.05) is 7.05 Å². The fraction of sp³-hybridized carbons (Fsp3) is 0.625. The van der Waals surface area contributed by atoms with Crippen LogP contribution in [0.4, 0.5) is 0 Å². The van der Waals surface area contributed by atoms with Gasteiger partial charge in [-0.2, -0.15) is 0 Å². The van der Waals surface area contributed by atoms with Gasteiger partial charge in [-0.3, -0.25) is 4.99 Å². The van der Waals surface area contributed by atoms with Crippen molar-refractivity contribution in [1.82, 2.24) is 25.4 Å². The van der Waals surface area contributed by atoms with Gasteiger partial charge >= 0.3 is 0 Å².